The first-order valence-corrected chi connectivity index (χ1v) is 10.1. The molecule has 1 aromatic carbocycles. The van der Waals surface area contributed by atoms with Gasteiger partial charge in [0.25, 0.3) is 5.91 Å². The number of quaternary nitrogens is 1. The first-order chi connectivity index (χ1) is 12.5. The SMILES string of the molecule is CCc1ccc(/C=C2/SC(=S)N(CC(=O)N3CC[NH+](C)CC3)C2=O)cc1. The van der Waals surface area contributed by atoms with Crippen LogP contribution < -0.4 is 4.90 Å². The van der Waals surface area contributed by atoms with Gasteiger partial charge >= 0.3 is 0 Å². The van der Waals surface area contributed by atoms with Crippen LogP contribution in [-0.4, -0.2) is 65.7 Å². The van der Waals surface area contributed by atoms with Gasteiger partial charge in [-0.1, -0.05) is 55.2 Å². The molecule has 138 valence electrons. The van der Waals surface area contributed by atoms with Crippen LogP contribution in [0.1, 0.15) is 18.1 Å². The van der Waals surface area contributed by atoms with E-state index in [9.17, 15) is 9.59 Å². The van der Waals surface area contributed by atoms with E-state index < -0.39 is 0 Å². The zero-order valence-electron chi connectivity index (χ0n) is 15.2. The van der Waals surface area contributed by atoms with E-state index in [0.29, 0.717) is 9.23 Å². The van der Waals surface area contributed by atoms with Crippen molar-refractivity contribution in [2.75, 3.05) is 39.8 Å². The number of hydrogen-bond acceptors (Lipinski definition) is 4. The summed E-state index contributed by atoms with van der Waals surface area (Å²) in [6.45, 7) is 5.50. The van der Waals surface area contributed by atoms with Gasteiger partial charge in [-0.15, -0.1) is 0 Å². The van der Waals surface area contributed by atoms with Crippen molar-refractivity contribution in [2.45, 2.75) is 13.3 Å². The fourth-order valence-corrected chi connectivity index (χ4v) is 4.27. The molecule has 0 saturated carbocycles. The number of thioether (sulfide) groups is 1. The monoisotopic (exact) mass is 390 g/mol. The lowest BCUT2D eigenvalue weighted by atomic mass is 10.1. The fourth-order valence-electron chi connectivity index (χ4n) is 3.01. The highest BCUT2D eigenvalue weighted by molar-refractivity contribution is 8.26. The third kappa shape index (κ3) is 4.34. The summed E-state index contributed by atoms with van der Waals surface area (Å²) >= 11 is 6.61. The number of carbonyl (C=O) groups is 2. The summed E-state index contributed by atoms with van der Waals surface area (Å²) in [6, 6.07) is 8.13. The molecule has 2 saturated heterocycles. The summed E-state index contributed by atoms with van der Waals surface area (Å²) in [5, 5.41) is 0. The molecule has 2 fully saturated rings. The van der Waals surface area contributed by atoms with E-state index in [-0.39, 0.29) is 18.4 Å². The molecule has 5 nitrogen and oxygen atoms in total. The Labute approximate surface area is 164 Å². The van der Waals surface area contributed by atoms with Crippen molar-refractivity contribution in [3.63, 3.8) is 0 Å². The van der Waals surface area contributed by atoms with Gasteiger partial charge in [0.1, 0.15) is 10.9 Å². The lowest BCUT2D eigenvalue weighted by Crippen LogP contribution is -3.12. The molecular weight excluding hydrogens is 366 g/mol. The predicted octanol–water partition coefficient (Wildman–Crippen LogP) is 0.807. The predicted molar refractivity (Wildman–Crippen MR) is 109 cm³/mol. The van der Waals surface area contributed by atoms with Gasteiger partial charge in [0.05, 0.1) is 38.1 Å². The van der Waals surface area contributed by atoms with Crippen molar-refractivity contribution >= 4 is 46.2 Å². The molecule has 0 radical (unpaired) electrons. The Morgan fingerprint density at radius 2 is 1.92 bits per heavy atom. The summed E-state index contributed by atoms with van der Waals surface area (Å²) in [6.07, 6.45) is 2.83. The minimum Gasteiger partial charge on any atom is -0.334 e. The number of aryl methyl sites for hydroxylation is 1. The smallest absolute Gasteiger partial charge is 0.266 e. The second-order valence-electron chi connectivity index (χ2n) is 6.70. The number of nitrogens with one attached hydrogen (secondary N) is 1. The summed E-state index contributed by atoms with van der Waals surface area (Å²) in [7, 11) is 2.13. The van der Waals surface area contributed by atoms with Gasteiger partial charge in [0, 0.05) is 0 Å². The van der Waals surface area contributed by atoms with Gasteiger partial charge in [-0.3, -0.25) is 14.5 Å². The maximum atomic E-state index is 12.7. The molecule has 1 N–H and O–H groups in total. The van der Waals surface area contributed by atoms with Gasteiger partial charge in [-0.25, -0.2) is 0 Å². The van der Waals surface area contributed by atoms with E-state index in [1.165, 1.54) is 27.1 Å². The van der Waals surface area contributed by atoms with Crippen molar-refractivity contribution in [1.82, 2.24) is 9.80 Å². The highest BCUT2D eigenvalue weighted by atomic mass is 32.2. The number of rotatable bonds is 4. The van der Waals surface area contributed by atoms with Gasteiger partial charge in [0.15, 0.2) is 0 Å². The van der Waals surface area contributed by atoms with Crippen LogP contribution in [0.4, 0.5) is 0 Å². The van der Waals surface area contributed by atoms with Crippen LogP contribution in [0, 0.1) is 0 Å². The fraction of sp³-hybridized carbons (Fsp3) is 0.421. The highest BCUT2D eigenvalue weighted by Crippen LogP contribution is 2.32. The summed E-state index contributed by atoms with van der Waals surface area (Å²) in [4.78, 5) is 30.5. The molecule has 0 atom stereocenters. The normalized spacial score (nSPS) is 20.3. The lowest BCUT2D eigenvalue weighted by Gasteiger charge is -2.31. The third-order valence-corrected chi connectivity index (χ3v) is 6.20. The molecule has 3 rings (SSSR count). The van der Waals surface area contributed by atoms with Gasteiger partial charge < -0.3 is 9.80 Å². The Hall–Kier alpha value is -1.70. The number of nitrogens with zero attached hydrogens (tertiary/aromatic N) is 2. The molecule has 7 heteroatoms. The molecule has 0 aliphatic carbocycles. The lowest BCUT2D eigenvalue weighted by molar-refractivity contribution is -0.883. The molecule has 2 aliphatic rings. The standard InChI is InChI=1S/C19H23N3O2S2/c1-3-14-4-6-15(7-5-14)12-16-18(24)22(19(25)26-16)13-17(23)21-10-8-20(2)9-11-21/h4-7,12H,3,8-11,13H2,1-2H3/p+1/b16-12+. The molecule has 0 spiro atoms. The zero-order chi connectivity index (χ0) is 18.7. The number of carbonyl (C=O) groups excluding carboxylic acids is 2. The summed E-state index contributed by atoms with van der Waals surface area (Å²) in [5.74, 6) is -0.199. The third-order valence-electron chi connectivity index (χ3n) is 4.82. The van der Waals surface area contributed by atoms with E-state index in [1.54, 1.807) is 0 Å². The Balaban J connectivity index is 1.66. The van der Waals surface area contributed by atoms with Crippen LogP contribution in [0.15, 0.2) is 29.2 Å². The van der Waals surface area contributed by atoms with Crippen LogP contribution in [0.2, 0.25) is 0 Å². The molecule has 2 aliphatic heterocycles. The van der Waals surface area contributed by atoms with Crippen molar-refractivity contribution in [3.8, 4) is 0 Å². The Kier molecular flexibility index (Phi) is 6.11. The van der Waals surface area contributed by atoms with Crippen LogP contribution in [0.5, 0.6) is 0 Å². The van der Waals surface area contributed by atoms with E-state index in [0.717, 1.165) is 38.2 Å². The minimum atomic E-state index is -0.173. The molecule has 2 heterocycles. The minimum absolute atomic E-state index is 0.0256. The van der Waals surface area contributed by atoms with Crippen molar-refractivity contribution in [3.05, 3.63) is 40.3 Å². The van der Waals surface area contributed by atoms with Crippen LogP contribution >= 0.6 is 24.0 Å². The number of thiocarbonyl (C=S) groups is 1. The average molecular weight is 391 g/mol. The number of piperazine rings is 1. The first kappa shape index (κ1) is 19.1. The van der Waals surface area contributed by atoms with Crippen LogP contribution in [0.3, 0.4) is 0 Å². The molecule has 26 heavy (non-hydrogen) atoms. The van der Waals surface area contributed by atoms with Crippen molar-refractivity contribution in [1.29, 1.82) is 0 Å². The van der Waals surface area contributed by atoms with Gasteiger partial charge in [-0.05, 0) is 23.6 Å². The molecule has 0 unspecified atom stereocenters. The number of benzene rings is 1. The quantitative estimate of drug-likeness (QED) is 0.610. The molecule has 0 bridgehead atoms. The molecule has 2 amide bonds. The number of hydrogen-bond donors (Lipinski definition) is 1. The van der Waals surface area contributed by atoms with Crippen LogP contribution in [0.25, 0.3) is 6.08 Å². The molecular formula is C19H24N3O2S2+. The first-order valence-electron chi connectivity index (χ1n) is 8.91. The van der Waals surface area contributed by atoms with Crippen molar-refractivity contribution in [2.24, 2.45) is 0 Å². The molecule has 0 aromatic heterocycles. The Bertz CT molecular complexity index is 738. The molecule has 1 aromatic rings. The van der Waals surface area contributed by atoms with Gasteiger partial charge in [0.2, 0.25) is 5.91 Å². The second-order valence-corrected chi connectivity index (χ2v) is 8.38. The van der Waals surface area contributed by atoms with Crippen LogP contribution in [-0.2, 0) is 16.0 Å². The maximum Gasteiger partial charge on any atom is 0.266 e. The summed E-state index contributed by atoms with van der Waals surface area (Å²) in [5.41, 5.74) is 2.23. The second kappa shape index (κ2) is 8.33. The largest absolute Gasteiger partial charge is 0.334 e. The topological polar surface area (TPSA) is 45.1 Å². The van der Waals surface area contributed by atoms with E-state index >= 15 is 0 Å². The number of likely N-dealkylation sites (N-methyl/N-ethyl adjacent to an activating group) is 1. The van der Waals surface area contributed by atoms with Gasteiger partial charge in [-0.2, -0.15) is 0 Å². The van der Waals surface area contributed by atoms with E-state index in [1.807, 2.05) is 23.1 Å². The number of amides is 2. The summed E-state index contributed by atoms with van der Waals surface area (Å²) < 4.78 is 0.458. The van der Waals surface area contributed by atoms with Crippen molar-refractivity contribution < 1.29 is 14.5 Å². The Morgan fingerprint density at radius 1 is 1.27 bits per heavy atom. The highest BCUT2D eigenvalue weighted by Gasteiger charge is 2.35. The Morgan fingerprint density at radius 3 is 2.54 bits per heavy atom. The maximum absolute atomic E-state index is 12.7. The van der Waals surface area contributed by atoms with E-state index in [4.69, 9.17) is 12.2 Å². The zero-order valence-corrected chi connectivity index (χ0v) is 16.8. The van der Waals surface area contributed by atoms with E-state index in [2.05, 4.69) is 26.1 Å². The average Bonchev–Trinajstić information content (AvgIpc) is 2.90.